The van der Waals surface area contributed by atoms with E-state index in [0.29, 0.717) is 5.82 Å². The SMILES string of the molecule is COc1ccccc1-n1nc(CN2CCCC2)cc1N. The van der Waals surface area contributed by atoms with Gasteiger partial charge in [0.1, 0.15) is 17.3 Å². The average molecular weight is 272 g/mol. The van der Waals surface area contributed by atoms with Gasteiger partial charge in [-0.3, -0.25) is 4.90 Å². The molecule has 5 nitrogen and oxygen atoms in total. The molecule has 1 aromatic carbocycles. The number of ether oxygens (including phenoxy) is 1. The molecule has 1 saturated heterocycles. The molecule has 0 bridgehead atoms. The second-order valence-electron chi connectivity index (χ2n) is 5.13. The first kappa shape index (κ1) is 13.0. The summed E-state index contributed by atoms with van der Waals surface area (Å²) in [5.74, 6) is 1.42. The Kier molecular flexibility index (Phi) is 3.60. The first-order chi connectivity index (χ1) is 9.78. The zero-order valence-electron chi connectivity index (χ0n) is 11.7. The van der Waals surface area contributed by atoms with Crippen LogP contribution in [0.2, 0.25) is 0 Å². The van der Waals surface area contributed by atoms with Crippen LogP contribution in [0.5, 0.6) is 5.75 Å². The number of nitrogen functional groups attached to an aromatic ring is 1. The quantitative estimate of drug-likeness (QED) is 0.925. The molecule has 0 amide bonds. The van der Waals surface area contributed by atoms with Crippen molar-refractivity contribution < 1.29 is 4.74 Å². The van der Waals surface area contributed by atoms with Gasteiger partial charge in [0, 0.05) is 12.6 Å². The molecule has 3 rings (SSSR count). The highest BCUT2D eigenvalue weighted by atomic mass is 16.5. The van der Waals surface area contributed by atoms with Crippen LogP contribution in [0.4, 0.5) is 5.82 Å². The Hall–Kier alpha value is -2.01. The Morgan fingerprint density at radius 2 is 2.00 bits per heavy atom. The fourth-order valence-electron chi connectivity index (χ4n) is 2.69. The lowest BCUT2D eigenvalue weighted by molar-refractivity contribution is 0.326. The van der Waals surface area contributed by atoms with Crippen LogP contribution in [-0.4, -0.2) is 34.9 Å². The van der Waals surface area contributed by atoms with Crippen molar-refractivity contribution in [1.82, 2.24) is 14.7 Å². The number of hydrogen-bond acceptors (Lipinski definition) is 4. The lowest BCUT2D eigenvalue weighted by atomic mass is 10.3. The summed E-state index contributed by atoms with van der Waals surface area (Å²) in [4.78, 5) is 2.41. The predicted molar refractivity (Wildman–Crippen MR) is 79.0 cm³/mol. The second-order valence-corrected chi connectivity index (χ2v) is 5.13. The summed E-state index contributed by atoms with van der Waals surface area (Å²) in [5.41, 5.74) is 7.98. The van der Waals surface area contributed by atoms with E-state index in [1.54, 1.807) is 11.8 Å². The maximum atomic E-state index is 6.10. The number of para-hydroxylation sites is 2. The maximum Gasteiger partial charge on any atom is 0.144 e. The third-order valence-electron chi connectivity index (χ3n) is 3.69. The molecule has 5 heteroatoms. The van der Waals surface area contributed by atoms with Gasteiger partial charge < -0.3 is 10.5 Å². The van der Waals surface area contributed by atoms with Crippen molar-refractivity contribution in [3.63, 3.8) is 0 Å². The Bertz CT molecular complexity index is 587. The number of aromatic nitrogens is 2. The molecule has 2 heterocycles. The van der Waals surface area contributed by atoms with E-state index in [1.165, 1.54) is 12.8 Å². The zero-order chi connectivity index (χ0) is 13.9. The van der Waals surface area contributed by atoms with Crippen molar-refractivity contribution in [3.8, 4) is 11.4 Å². The minimum Gasteiger partial charge on any atom is -0.494 e. The van der Waals surface area contributed by atoms with Crippen molar-refractivity contribution in [2.24, 2.45) is 0 Å². The standard InChI is InChI=1S/C15H20N4O/c1-20-14-7-3-2-6-13(14)19-15(16)10-12(17-19)11-18-8-4-5-9-18/h2-3,6-7,10H,4-5,8-9,11,16H2,1H3. The number of benzene rings is 1. The van der Waals surface area contributed by atoms with Gasteiger partial charge >= 0.3 is 0 Å². The number of methoxy groups -OCH3 is 1. The van der Waals surface area contributed by atoms with E-state index in [1.807, 2.05) is 30.3 Å². The van der Waals surface area contributed by atoms with Crippen molar-refractivity contribution in [1.29, 1.82) is 0 Å². The minimum absolute atomic E-state index is 0.642. The van der Waals surface area contributed by atoms with Gasteiger partial charge in [-0.05, 0) is 38.1 Å². The summed E-state index contributed by atoms with van der Waals surface area (Å²) in [6.07, 6.45) is 2.56. The van der Waals surface area contributed by atoms with E-state index in [2.05, 4.69) is 10.00 Å². The monoisotopic (exact) mass is 272 g/mol. The Balaban J connectivity index is 1.88. The molecular formula is C15H20N4O. The molecule has 0 saturated carbocycles. The Morgan fingerprint density at radius 1 is 1.25 bits per heavy atom. The second kappa shape index (κ2) is 5.54. The summed E-state index contributed by atoms with van der Waals surface area (Å²) in [6, 6.07) is 9.72. The molecule has 20 heavy (non-hydrogen) atoms. The van der Waals surface area contributed by atoms with Gasteiger partial charge in [-0.1, -0.05) is 12.1 Å². The van der Waals surface area contributed by atoms with E-state index in [4.69, 9.17) is 10.5 Å². The molecule has 1 aliphatic heterocycles. The molecule has 1 aliphatic rings. The number of nitrogens with two attached hydrogens (primary N) is 1. The lowest BCUT2D eigenvalue weighted by Crippen LogP contribution is -2.18. The number of nitrogens with zero attached hydrogens (tertiary/aromatic N) is 3. The highest BCUT2D eigenvalue weighted by Gasteiger charge is 2.16. The molecular weight excluding hydrogens is 252 g/mol. The van der Waals surface area contributed by atoms with Gasteiger partial charge in [0.15, 0.2) is 0 Å². The molecule has 1 fully saturated rings. The van der Waals surface area contributed by atoms with E-state index in [9.17, 15) is 0 Å². The van der Waals surface area contributed by atoms with E-state index in [0.717, 1.165) is 36.8 Å². The fraction of sp³-hybridized carbons (Fsp3) is 0.400. The van der Waals surface area contributed by atoms with Crippen molar-refractivity contribution in [2.75, 3.05) is 25.9 Å². The molecule has 0 radical (unpaired) electrons. The topological polar surface area (TPSA) is 56.3 Å². The molecule has 2 aromatic rings. The normalized spacial score (nSPS) is 15.7. The lowest BCUT2D eigenvalue weighted by Gasteiger charge is -2.12. The van der Waals surface area contributed by atoms with Crippen LogP contribution in [0.25, 0.3) is 5.69 Å². The molecule has 0 aliphatic carbocycles. The van der Waals surface area contributed by atoms with Crippen LogP contribution < -0.4 is 10.5 Å². The maximum absolute atomic E-state index is 6.10. The summed E-state index contributed by atoms with van der Waals surface area (Å²) in [5, 5.41) is 4.62. The molecule has 0 atom stereocenters. The summed E-state index contributed by atoms with van der Waals surface area (Å²) in [7, 11) is 1.66. The summed E-state index contributed by atoms with van der Waals surface area (Å²) >= 11 is 0. The van der Waals surface area contributed by atoms with Crippen LogP contribution in [-0.2, 0) is 6.54 Å². The van der Waals surface area contributed by atoms with Crippen LogP contribution in [0, 0.1) is 0 Å². The smallest absolute Gasteiger partial charge is 0.144 e. The number of anilines is 1. The minimum atomic E-state index is 0.642. The Labute approximate surface area is 118 Å². The van der Waals surface area contributed by atoms with Gasteiger partial charge in [0.05, 0.1) is 12.8 Å². The molecule has 1 aromatic heterocycles. The molecule has 106 valence electrons. The molecule has 0 unspecified atom stereocenters. The fourth-order valence-corrected chi connectivity index (χ4v) is 2.69. The van der Waals surface area contributed by atoms with E-state index >= 15 is 0 Å². The highest BCUT2D eigenvalue weighted by molar-refractivity contribution is 5.51. The van der Waals surface area contributed by atoms with Gasteiger partial charge in [0.25, 0.3) is 0 Å². The first-order valence-electron chi connectivity index (χ1n) is 6.98. The van der Waals surface area contributed by atoms with Gasteiger partial charge in [-0.15, -0.1) is 0 Å². The van der Waals surface area contributed by atoms with Crippen LogP contribution in [0.3, 0.4) is 0 Å². The molecule has 2 N–H and O–H groups in total. The van der Waals surface area contributed by atoms with Crippen molar-refractivity contribution >= 4 is 5.82 Å². The third kappa shape index (κ3) is 2.49. The van der Waals surface area contributed by atoms with Gasteiger partial charge in [-0.2, -0.15) is 5.10 Å². The van der Waals surface area contributed by atoms with Crippen molar-refractivity contribution in [3.05, 3.63) is 36.0 Å². The van der Waals surface area contributed by atoms with Crippen LogP contribution in [0.15, 0.2) is 30.3 Å². The first-order valence-corrected chi connectivity index (χ1v) is 6.98. The average Bonchev–Trinajstić information content (AvgIpc) is 3.09. The predicted octanol–water partition coefficient (Wildman–Crippen LogP) is 2.06. The summed E-state index contributed by atoms with van der Waals surface area (Å²) < 4.78 is 7.12. The number of likely N-dealkylation sites (tertiary alicyclic amines) is 1. The number of hydrogen-bond donors (Lipinski definition) is 1. The van der Waals surface area contributed by atoms with Crippen LogP contribution >= 0.6 is 0 Å². The van der Waals surface area contributed by atoms with Gasteiger partial charge in [0.2, 0.25) is 0 Å². The third-order valence-corrected chi connectivity index (χ3v) is 3.69. The highest BCUT2D eigenvalue weighted by Crippen LogP contribution is 2.25. The van der Waals surface area contributed by atoms with Crippen LogP contribution in [0.1, 0.15) is 18.5 Å². The van der Waals surface area contributed by atoms with Crippen molar-refractivity contribution in [2.45, 2.75) is 19.4 Å². The van der Waals surface area contributed by atoms with E-state index in [-0.39, 0.29) is 0 Å². The molecule has 0 spiro atoms. The van der Waals surface area contributed by atoms with Gasteiger partial charge in [-0.25, -0.2) is 4.68 Å². The Morgan fingerprint density at radius 3 is 2.75 bits per heavy atom. The van der Waals surface area contributed by atoms with E-state index < -0.39 is 0 Å². The largest absolute Gasteiger partial charge is 0.494 e. The summed E-state index contributed by atoms with van der Waals surface area (Å²) in [6.45, 7) is 3.18. The number of rotatable bonds is 4. The zero-order valence-corrected chi connectivity index (χ0v) is 11.7.